The van der Waals surface area contributed by atoms with E-state index in [2.05, 4.69) is 28.2 Å². The Labute approximate surface area is 134 Å². The first-order valence-corrected chi connectivity index (χ1v) is 7.88. The molecule has 3 nitrogen and oxygen atoms in total. The van der Waals surface area contributed by atoms with Gasteiger partial charge in [-0.15, -0.1) is 0 Å². The van der Waals surface area contributed by atoms with Gasteiger partial charge >= 0.3 is 0 Å². The van der Waals surface area contributed by atoms with Crippen LogP contribution in [0.3, 0.4) is 0 Å². The average molecular weight is 350 g/mol. The second kappa shape index (κ2) is 8.05. The molecule has 0 fully saturated rings. The lowest BCUT2D eigenvalue weighted by Gasteiger charge is -2.19. The molecule has 112 valence electrons. The normalized spacial score (nSPS) is 12.0. The maximum absolute atomic E-state index is 9.63. The molecule has 0 saturated heterocycles. The fraction of sp³-hybridized carbons (Fsp3) is 0.294. The molecule has 1 unspecified atom stereocenters. The molecule has 2 N–H and O–H groups in total. The van der Waals surface area contributed by atoms with Crippen molar-refractivity contribution in [1.29, 1.82) is 0 Å². The topological polar surface area (TPSA) is 41.5 Å². The van der Waals surface area contributed by atoms with E-state index in [0.29, 0.717) is 0 Å². The molecule has 0 bridgehead atoms. The summed E-state index contributed by atoms with van der Waals surface area (Å²) in [4.78, 5) is 0. The van der Waals surface area contributed by atoms with Gasteiger partial charge < -0.3 is 15.2 Å². The van der Waals surface area contributed by atoms with Gasteiger partial charge in [-0.2, -0.15) is 0 Å². The van der Waals surface area contributed by atoms with E-state index >= 15 is 0 Å². The van der Waals surface area contributed by atoms with Gasteiger partial charge in [0.05, 0.1) is 19.3 Å². The predicted octanol–water partition coefficient (Wildman–Crippen LogP) is 4.38. The number of hydrogen-bond acceptors (Lipinski definition) is 3. The van der Waals surface area contributed by atoms with Gasteiger partial charge in [0.15, 0.2) is 0 Å². The lowest BCUT2D eigenvalue weighted by molar-refractivity contribution is 0.276. The van der Waals surface area contributed by atoms with Gasteiger partial charge in [0.25, 0.3) is 0 Å². The Balaban J connectivity index is 2.08. The van der Waals surface area contributed by atoms with E-state index in [0.717, 1.165) is 34.5 Å². The van der Waals surface area contributed by atoms with Crippen LogP contribution in [0.5, 0.6) is 5.75 Å². The third kappa shape index (κ3) is 4.48. The standard InChI is InChI=1S/C17H20BrNO2/c1-2-11-21-14-9-7-13(8-10-14)17(12-20)19-16-6-4-3-5-15(16)18/h3-10,17,19-20H,2,11-12H2,1H3. The van der Waals surface area contributed by atoms with Gasteiger partial charge in [-0.3, -0.25) is 0 Å². The quantitative estimate of drug-likeness (QED) is 0.779. The number of aliphatic hydroxyl groups excluding tert-OH is 1. The third-order valence-electron chi connectivity index (χ3n) is 3.14. The van der Waals surface area contributed by atoms with Crippen LogP contribution in [0, 0.1) is 0 Å². The van der Waals surface area contributed by atoms with Crippen LogP contribution in [-0.4, -0.2) is 18.3 Å². The van der Waals surface area contributed by atoms with Gasteiger partial charge in [-0.25, -0.2) is 0 Å². The molecule has 21 heavy (non-hydrogen) atoms. The molecule has 4 heteroatoms. The van der Waals surface area contributed by atoms with E-state index in [1.165, 1.54) is 0 Å². The van der Waals surface area contributed by atoms with Crippen LogP contribution in [0.15, 0.2) is 53.0 Å². The van der Waals surface area contributed by atoms with Gasteiger partial charge in [-0.05, 0) is 52.2 Å². The predicted molar refractivity (Wildman–Crippen MR) is 89.8 cm³/mol. The van der Waals surface area contributed by atoms with Crippen LogP contribution < -0.4 is 10.1 Å². The number of ether oxygens (including phenoxy) is 1. The summed E-state index contributed by atoms with van der Waals surface area (Å²) >= 11 is 3.50. The van der Waals surface area contributed by atoms with E-state index in [1.807, 2.05) is 48.5 Å². The second-order valence-electron chi connectivity index (χ2n) is 4.78. The van der Waals surface area contributed by atoms with Crippen LogP contribution in [0.2, 0.25) is 0 Å². The van der Waals surface area contributed by atoms with Crippen molar-refractivity contribution in [3.05, 3.63) is 58.6 Å². The van der Waals surface area contributed by atoms with Crippen molar-refractivity contribution >= 4 is 21.6 Å². The van der Waals surface area contributed by atoms with Gasteiger partial charge in [0.1, 0.15) is 5.75 Å². The molecule has 0 aliphatic heterocycles. The summed E-state index contributed by atoms with van der Waals surface area (Å²) < 4.78 is 6.55. The minimum atomic E-state index is -0.149. The van der Waals surface area contributed by atoms with Crippen molar-refractivity contribution in [2.45, 2.75) is 19.4 Å². The van der Waals surface area contributed by atoms with E-state index in [1.54, 1.807) is 0 Å². The fourth-order valence-electron chi connectivity index (χ4n) is 2.02. The first kappa shape index (κ1) is 15.9. The molecule has 0 radical (unpaired) electrons. The van der Waals surface area contributed by atoms with Gasteiger partial charge in [0, 0.05) is 10.2 Å². The van der Waals surface area contributed by atoms with Crippen molar-refractivity contribution in [2.75, 3.05) is 18.5 Å². The fourth-order valence-corrected chi connectivity index (χ4v) is 2.42. The smallest absolute Gasteiger partial charge is 0.119 e. The van der Waals surface area contributed by atoms with Crippen molar-refractivity contribution in [3.63, 3.8) is 0 Å². The Morgan fingerprint density at radius 3 is 2.48 bits per heavy atom. The molecule has 0 aromatic heterocycles. The van der Waals surface area contributed by atoms with Crippen LogP contribution in [0.4, 0.5) is 5.69 Å². The number of nitrogens with one attached hydrogen (secondary N) is 1. The zero-order valence-corrected chi connectivity index (χ0v) is 13.6. The zero-order chi connectivity index (χ0) is 15.1. The molecule has 0 heterocycles. The maximum Gasteiger partial charge on any atom is 0.119 e. The van der Waals surface area contributed by atoms with Crippen molar-refractivity contribution in [2.24, 2.45) is 0 Å². The minimum absolute atomic E-state index is 0.0243. The number of para-hydroxylation sites is 1. The molecule has 1 atom stereocenters. The van der Waals surface area contributed by atoms with Crippen molar-refractivity contribution in [3.8, 4) is 5.75 Å². The highest BCUT2D eigenvalue weighted by Gasteiger charge is 2.11. The summed E-state index contributed by atoms with van der Waals surface area (Å²) in [5.41, 5.74) is 1.99. The highest BCUT2D eigenvalue weighted by atomic mass is 79.9. The summed E-state index contributed by atoms with van der Waals surface area (Å²) in [6.07, 6.45) is 0.991. The summed E-state index contributed by atoms with van der Waals surface area (Å²) in [5.74, 6) is 0.859. The largest absolute Gasteiger partial charge is 0.494 e. The Morgan fingerprint density at radius 1 is 1.14 bits per heavy atom. The first-order valence-electron chi connectivity index (χ1n) is 7.09. The van der Waals surface area contributed by atoms with Crippen molar-refractivity contribution in [1.82, 2.24) is 0 Å². The second-order valence-corrected chi connectivity index (χ2v) is 5.63. The molecule has 0 amide bonds. The monoisotopic (exact) mass is 349 g/mol. The lowest BCUT2D eigenvalue weighted by Crippen LogP contribution is -2.15. The average Bonchev–Trinajstić information content (AvgIpc) is 2.53. The van der Waals surface area contributed by atoms with Crippen LogP contribution in [0.25, 0.3) is 0 Å². The summed E-state index contributed by atoms with van der Waals surface area (Å²) in [7, 11) is 0. The Morgan fingerprint density at radius 2 is 1.86 bits per heavy atom. The highest BCUT2D eigenvalue weighted by molar-refractivity contribution is 9.10. The summed E-state index contributed by atoms with van der Waals surface area (Å²) in [5, 5.41) is 13.0. The zero-order valence-electron chi connectivity index (χ0n) is 12.1. The summed E-state index contributed by atoms with van der Waals surface area (Å²) in [6.45, 7) is 2.83. The number of rotatable bonds is 7. The molecular formula is C17H20BrNO2. The Bertz CT molecular complexity index is 557. The molecule has 2 aromatic rings. The van der Waals surface area contributed by atoms with E-state index in [9.17, 15) is 5.11 Å². The van der Waals surface area contributed by atoms with Gasteiger partial charge in [-0.1, -0.05) is 31.2 Å². The molecule has 0 aliphatic carbocycles. The number of anilines is 1. The number of halogens is 1. The lowest BCUT2D eigenvalue weighted by atomic mass is 10.1. The van der Waals surface area contributed by atoms with Crippen LogP contribution in [0.1, 0.15) is 24.9 Å². The van der Waals surface area contributed by atoms with Gasteiger partial charge in [0.2, 0.25) is 0 Å². The third-order valence-corrected chi connectivity index (χ3v) is 3.83. The van der Waals surface area contributed by atoms with E-state index in [4.69, 9.17) is 4.74 Å². The number of benzene rings is 2. The van der Waals surface area contributed by atoms with E-state index in [-0.39, 0.29) is 12.6 Å². The molecular weight excluding hydrogens is 330 g/mol. The molecule has 0 saturated carbocycles. The molecule has 2 rings (SSSR count). The Hall–Kier alpha value is -1.52. The highest BCUT2D eigenvalue weighted by Crippen LogP contribution is 2.27. The molecule has 0 spiro atoms. The van der Waals surface area contributed by atoms with Crippen LogP contribution >= 0.6 is 15.9 Å². The minimum Gasteiger partial charge on any atom is -0.494 e. The van der Waals surface area contributed by atoms with E-state index < -0.39 is 0 Å². The maximum atomic E-state index is 9.63. The SMILES string of the molecule is CCCOc1ccc(C(CO)Nc2ccccc2Br)cc1. The van der Waals surface area contributed by atoms with Crippen molar-refractivity contribution < 1.29 is 9.84 Å². The first-order chi connectivity index (χ1) is 10.2. The Kier molecular flexibility index (Phi) is 6.08. The molecule has 0 aliphatic rings. The number of aliphatic hydroxyl groups is 1. The van der Waals surface area contributed by atoms with Crippen LogP contribution in [-0.2, 0) is 0 Å². The molecule has 2 aromatic carbocycles. The number of hydrogen-bond donors (Lipinski definition) is 2. The summed E-state index contributed by atoms with van der Waals surface area (Å²) in [6, 6.07) is 15.6.